The molecule has 0 bridgehead atoms. The van der Waals surface area contributed by atoms with Gasteiger partial charge in [0.15, 0.2) is 5.11 Å². The van der Waals surface area contributed by atoms with Crippen LogP contribution >= 0.6 is 12.2 Å². The van der Waals surface area contributed by atoms with Gasteiger partial charge in [-0.3, -0.25) is 9.59 Å². The molecule has 5 N–H and O–H groups in total. The monoisotopic (exact) mass is 384 g/mol. The summed E-state index contributed by atoms with van der Waals surface area (Å²) in [6.45, 7) is 3.80. The summed E-state index contributed by atoms with van der Waals surface area (Å²) >= 11 is 5.40. The van der Waals surface area contributed by atoms with Gasteiger partial charge in [-0.15, -0.1) is 0 Å². The Morgan fingerprint density at radius 3 is 2.67 bits per heavy atom. The minimum Gasteiger partial charge on any atom is -0.489 e. The first-order valence-corrected chi connectivity index (χ1v) is 8.84. The van der Waals surface area contributed by atoms with Gasteiger partial charge in [0.05, 0.1) is 18.2 Å². The zero-order valence-corrected chi connectivity index (χ0v) is 15.8. The van der Waals surface area contributed by atoms with Crippen LogP contribution in [0.4, 0.5) is 17.1 Å². The molecule has 8 heteroatoms. The standard InChI is InChI=1S/C19H20N4O3S/c1-10(2)26-16-7-6-11(18(20)25)8-15(16)23-19(27)22-14-5-3-4-13-12(14)9-17(24)21-13/h3-8,10H,9H2,1-2H3,(H2,20,25)(H,21,24)(H2,22,23,27). The third-order valence-corrected chi connectivity index (χ3v) is 4.11. The second kappa shape index (κ2) is 7.63. The highest BCUT2D eigenvalue weighted by molar-refractivity contribution is 7.80. The molecule has 2 aromatic carbocycles. The van der Waals surface area contributed by atoms with Gasteiger partial charge < -0.3 is 26.4 Å². The van der Waals surface area contributed by atoms with E-state index < -0.39 is 5.91 Å². The number of hydrogen-bond acceptors (Lipinski definition) is 4. The van der Waals surface area contributed by atoms with Crippen LogP contribution in [0, 0.1) is 0 Å². The summed E-state index contributed by atoms with van der Waals surface area (Å²) in [7, 11) is 0. The quantitative estimate of drug-likeness (QED) is 0.591. The van der Waals surface area contributed by atoms with Gasteiger partial charge in [0, 0.05) is 22.5 Å². The largest absolute Gasteiger partial charge is 0.489 e. The van der Waals surface area contributed by atoms with Gasteiger partial charge in [-0.05, 0) is 56.4 Å². The van der Waals surface area contributed by atoms with E-state index in [1.165, 1.54) is 0 Å². The summed E-state index contributed by atoms with van der Waals surface area (Å²) in [5.74, 6) is -0.0484. The zero-order valence-electron chi connectivity index (χ0n) is 15.0. The summed E-state index contributed by atoms with van der Waals surface area (Å²) < 4.78 is 5.76. The van der Waals surface area contributed by atoms with E-state index >= 15 is 0 Å². The number of fused-ring (bicyclic) bond motifs is 1. The maximum atomic E-state index is 11.6. The Labute approximate surface area is 162 Å². The minimum atomic E-state index is -0.543. The second-order valence-electron chi connectivity index (χ2n) is 6.38. The molecule has 0 aromatic heterocycles. The molecular weight excluding hydrogens is 364 g/mol. The van der Waals surface area contributed by atoms with E-state index in [0.717, 1.165) is 16.9 Å². The van der Waals surface area contributed by atoms with Crippen LogP contribution in [0.25, 0.3) is 0 Å². The number of ether oxygens (including phenoxy) is 1. The van der Waals surface area contributed by atoms with Crippen molar-refractivity contribution >= 4 is 46.2 Å². The lowest BCUT2D eigenvalue weighted by atomic mass is 10.1. The van der Waals surface area contributed by atoms with Crippen LogP contribution in [-0.2, 0) is 11.2 Å². The predicted molar refractivity (Wildman–Crippen MR) is 109 cm³/mol. The number of amides is 2. The summed E-state index contributed by atoms with van der Waals surface area (Å²) in [4.78, 5) is 23.1. The first-order chi connectivity index (χ1) is 12.8. The van der Waals surface area contributed by atoms with Gasteiger partial charge in [-0.25, -0.2) is 0 Å². The lowest BCUT2D eigenvalue weighted by Gasteiger charge is -2.18. The number of nitrogens with two attached hydrogens (primary N) is 1. The van der Waals surface area contributed by atoms with E-state index in [2.05, 4.69) is 16.0 Å². The number of rotatable bonds is 5. The van der Waals surface area contributed by atoms with Gasteiger partial charge in [0.25, 0.3) is 0 Å². The maximum Gasteiger partial charge on any atom is 0.248 e. The lowest BCUT2D eigenvalue weighted by molar-refractivity contribution is -0.115. The molecule has 1 heterocycles. The average molecular weight is 384 g/mol. The molecule has 0 fully saturated rings. The van der Waals surface area contributed by atoms with Crippen molar-refractivity contribution < 1.29 is 14.3 Å². The van der Waals surface area contributed by atoms with Gasteiger partial charge in [-0.2, -0.15) is 0 Å². The fourth-order valence-electron chi connectivity index (χ4n) is 2.78. The number of primary amides is 1. The molecule has 3 rings (SSSR count). The molecule has 7 nitrogen and oxygen atoms in total. The maximum absolute atomic E-state index is 11.6. The van der Waals surface area contributed by atoms with E-state index in [1.807, 2.05) is 32.0 Å². The molecule has 0 atom stereocenters. The summed E-state index contributed by atoms with van der Waals surface area (Å²) in [6, 6.07) is 10.4. The average Bonchev–Trinajstić information content (AvgIpc) is 2.97. The van der Waals surface area contributed by atoms with Crippen molar-refractivity contribution in [1.29, 1.82) is 0 Å². The molecule has 27 heavy (non-hydrogen) atoms. The van der Waals surface area contributed by atoms with Gasteiger partial charge in [0.2, 0.25) is 11.8 Å². The molecule has 2 aromatic rings. The van der Waals surface area contributed by atoms with E-state index in [1.54, 1.807) is 18.2 Å². The normalized spacial score (nSPS) is 12.3. The van der Waals surface area contributed by atoms with Gasteiger partial charge in [-0.1, -0.05) is 6.07 Å². The molecule has 0 saturated carbocycles. The lowest BCUT2D eigenvalue weighted by Crippen LogP contribution is -2.21. The van der Waals surface area contributed by atoms with Crippen molar-refractivity contribution in [2.24, 2.45) is 5.73 Å². The van der Waals surface area contributed by atoms with Crippen LogP contribution < -0.4 is 26.4 Å². The van der Waals surface area contributed by atoms with Crippen molar-refractivity contribution in [1.82, 2.24) is 0 Å². The van der Waals surface area contributed by atoms with Gasteiger partial charge in [0.1, 0.15) is 5.75 Å². The van der Waals surface area contributed by atoms with Crippen molar-refractivity contribution in [3.63, 3.8) is 0 Å². The first-order valence-electron chi connectivity index (χ1n) is 8.43. The molecule has 0 spiro atoms. The second-order valence-corrected chi connectivity index (χ2v) is 6.79. The number of hydrogen-bond donors (Lipinski definition) is 4. The Hall–Kier alpha value is -3.13. The molecule has 1 aliphatic rings. The predicted octanol–water partition coefficient (Wildman–Crippen LogP) is 2.88. The Morgan fingerprint density at radius 2 is 1.96 bits per heavy atom. The van der Waals surface area contributed by atoms with Crippen molar-refractivity contribution in [2.45, 2.75) is 26.4 Å². The fraction of sp³-hybridized carbons (Fsp3) is 0.211. The zero-order chi connectivity index (χ0) is 19.6. The number of thiocarbonyl (C=S) groups is 1. The first kappa shape index (κ1) is 18.7. The minimum absolute atomic E-state index is 0.0546. The van der Waals surface area contributed by atoms with Crippen LogP contribution in [0.1, 0.15) is 29.8 Å². The van der Waals surface area contributed by atoms with Crippen LogP contribution in [0.2, 0.25) is 0 Å². The number of nitrogens with one attached hydrogen (secondary N) is 3. The highest BCUT2D eigenvalue weighted by Gasteiger charge is 2.21. The molecule has 1 aliphatic heterocycles. The molecular formula is C19H20N4O3S. The topological polar surface area (TPSA) is 105 Å². The SMILES string of the molecule is CC(C)Oc1ccc(C(N)=O)cc1NC(=S)Nc1cccc2c1CC(=O)N2. The van der Waals surface area contributed by atoms with E-state index in [4.69, 9.17) is 22.7 Å². The smallest absolute Gasteiger partial charge is 0.248 e. The van der Waals surface area contributed by atoms with Gasteiger partial charge >= 0.3 is 0 Å². The number of carbonyl (C=O) groups excluding carboxylic acids is 2. The van der Waals surface area contributed by atoms with Crippen LogP contribution in [-0.4, -0.2) is 23.0 Å². The van der Waals surface area contributed by atoms with Crippen LogP contribution in [0.15, 0.2) is 36.4 Å². The summed E-state index contributed by atoms with van der Waals surface area (Å²) in [6.07, 6.45) is 0.237. The Morgan fingerprint density at radius 1 is 1.22 bits per heavy atom. The highest BCUT2D eigenvalue weighted by Crippen LogP contribution is 2.31. The number of anilines is 3. The molecule has 2 amide bonds. The van der Waals surface area contributed by atoms with E-state index in [0.29, 0.717) is 28.5 Å². The Balaban J connectivity index is 1.82. The fourth-order valence-corrected chi connectivity index (χ4v) is 3.00. The van der Waals surface area contributed by atoms with Crippen molar-refractivity contribution in [3.05, 3.63) is 47.5 Å². The third kappa shape index (κ3) is 4.35. The molecule has 0 saturated heterocycles. The Bertz CT molecular complexity index is 927. The molecule has 0 unspecified atom stereocenters. The third-order valence-electron chi connectivity index (χ3n) is 3.91. The number of benzene rings is 2. The van der Waals surface area contributed by atoms with Crippen LogP contribution in [0.5, 0.6) is 5.75 Å². The number of carbonyl (C=O) groups is 2. The Kier molecular flexibility index (Phi) is 5.27. The molecule has 0 aliphatic carbocycles. The summed E-state index contributed by atoms with van der Waals surface area (Å²) in [5.41, 5.74) is 8.60. The highest BCUT2D eigenvalue weighted by atomic mass is 32.1. The molecule has 140 valence electrons. The van der Waals surface area contributed by atoms with E-state index in [9.17, 15) is 9.59 Å². The van der Waals surface area contributed by atoms with Crippen LogP contribution in [0.3, 0.4) is 0 Å². The molecule has 0 radical (unpaired) electrons. The van der Waals surface area contributed by atoms with Crippen molar-refractivity contribution in [3.8, 4) is 5.75 Å². The van der Waals surface area contributed by atoms with Crippen molar-refractivity contribution in [2.75, 3.05) is 16.0 Å². The summed E-state index contributed by atoms with van der Waals surface area (Å²) in [5, 5.41) is 9.24. The van der Waals surface area contributed by atoms with E-state index in [-0.39, 0.29) is 12.0 Å².